The molecule has 0 aromatic carbocycles. The van der Waals surface area contributed by atoms with Crippen LogP contribution in [-0.4, -0.2) is 74.3 Å². The summed E-state index contributed by atoms with van der Waals surface area (Å²) in [5.41, 5.74) is 0. The molecule has 0 saturated heterocycles. The van der Waals surface area contributed by atoms with Crippen LogP contribution in [0.4, 0.5) is 0 Å². The van der Waals surface area contributed by atoms with Crippen LogP contribution in [0.2, 0.25) is 0 Å². The Balaban J connectivity index is -0.00000000485. The molecule has 17 nitrogen and oxygen atoms in total. The van der Waals surface area contributed by atoms with Gasteiger partial charge in [-0.05, 0) is 0 Å². The minimum absolute atomic E-state index is 0. The van der Waals surface area contributed by atoms with Crippen molar-refractivity contribution in [3.05, 3.63) is 0 Å². The number of hydrogen-bond donors (Lipinski definition) is 4. The second-order valence-electron chi connectivity index (χ2n) is 1.06. The van der Waals surface area contributed by atoms with Crippen molar-refractivity contribution < 1.29 is 119 Å². The predicted molar refractivity (Wildman–Crippen MR) is 62.4 cm³/mol. The second-order valence-corrected chi connectivity index (χ2v) is 3.68. The van der Waals surface area contributed by atoms with Crippen molar-refractivity contribution in [1.82, 2.24) is 0 Å². The van der Waals surface area contributed by atoms with Crippen molar-refractivity contribution in [2.75, 3.05) is 0 Å². The van der Waals surface area contributed by atoms with Gasteiger partial charge in [-0.15, -0.1) is 0 Å². The van der Waals surface area contributed by atoms with Crippen LogP contribution in [0.1, 0.15) is 1.43 Å². The molecule has 0 aliphatic carbocycles. The summed E-state index contributed by atoms with van der Waals surface area (Å²) in [5.74, 6) is 0. The number of phosphoric acid groups is 2. The van der Waals surface area contributed by atoms with Gasteiger partial charge in [-0.3, -0.25) is 0 Å². The van der Waals surface area contributed by atoms with Crippen molar-refractivity contribution in [3.8, 4) is 0 Å². The summed E-state index contributed by atoms with van der Waals surface area (Å²) in [6.07, 6.45) is 0. The van der Waals surface area contributed by atoms with E-state index in [1.54, 1.807) is 0 Å². The first-order valence-corrected chi connectivity index (χ1v) is 4.59. The van der Waals surface area contributed by atoms with Crippen molar-refractivity contribution in [1.29, 1.82) is 0 Å². The molecule has 0 amide bonds. The Morgan fingerprint density at radius 1 is 0.550 bits per heavy atom. The molecule has 138 valence electrons. The van der Waals surface area contributed by atoms with Gasteiger partial charge in [-0.25, -0.2) is 9.13 Å². The van der Waals surface area contributed by atoms with Gasteiger partial charge in [0.2, 0.25) is 0 Å². The van der Waals surface area contributed by atoms with Gasteiger partial charge >= 0.3 is 45.2 Å². The molecule has 0 aromatic heterocycles. The topological polar surface area (TPSA) is 439 Å². The number of hydrogen-bond acceptors (Lipinski definition) is 3. The fourth-order valence-electron chi connectivity index (χ4n) is 0.139. The average Bonchev–Trinajstić information content (AvgIpc) is 1.14. The third-order valence-electron chi connectivity index (χ3n) is 0.213. The van der Waals surface area contributed by atoms with E-state index >= 15 is 0 Å². The Hall–Kier alpha value is 0.860. The van der Waals surface area contributed by atoms with E-state index in [4.69, 9.17) is 19.6 Å². The molecule has 0 aliphatic rings. The van der Waals surface area contributed by atoms with E-state index in [0.717, 1.165) is 0 Å². The third kappa shape index (κ3) is 128. The molecule has 0 radical (unpaired) electrons. The predicted octanol–water partition coefficient (Wildman–Crippen LogP) is -11.9. The van der Waals surface area contributed by atoms with Gasteiger partial charge < -0.3 is 75.8 Å². The molecule has 0 heterocycles. The monoisotopic (exact) mass is 382 g/mol. The molecule has 0 rings (SSSR count). The Labute approximate surface area is 134 Å². The number of rotatable bonds is 2. The normalized spacial score (nSPS) is 6.20. The molecule has 0 bridgehead atoms. The van der Waals surface area contributed by atoms with Crippen LogP contribution in [-0.2, 0) is 13.4 Å². The van der Waals surface area contributed by atoms with Gasteiger partial charge in [0.05, 0.1) is 0 Å². The molecule has 20 heteroatoms. The first-order valence-electron chi connectivity index (χ1n) is 1.53. The summed E-state index contributed by atoms with van der Waals surface area (Å²) in [6, 6.07) is 0. The molecule has 20 heavy (non-hydrogen) atoms. The van der Waals surface area contributed by atoms with Gasteiger partial charge in [0, 0.05) is 0 Å². The van der Waals surface area contributed by atoms with Gasteiger partial charge in [0.25, 0.3) is 0 Å². The van der Waals surface area contributed by atoms with E-state index in [-0.39, 0.29) is 85.7 Å². The van der Waals surface area contributed by atoms with E-state index in [9.17, 15) is 9.13 Å². The Kier molecular flexibility index (Phi) is 193. The van der Waals surface area contributed by atoms with Crippen LogP contribution in [0.3, 0.4) is 0 Å². The van der Waals surface area contributed by atoms with Crippen LogP contribution >= 0.6 is 15.6 Å². The van der Waals surface area contributed by atoms with Crippen LogP contribution in [0.5, 0.6) is 0 Å². The molecule has 0 aromatic rings. The maximum Gasteiger partial charge on any atom is 1.00 e. The molecular weight excluding hydrogens is 357 g/mol. The zero-order valence-electron chi connectivity index (χ0n) is 10.9. The quantitative estimate of drug-likeness (QED) is 0.263. The van der Waals surface area contributed by atoms with Gasteiger partial charge in [0.1, 0.15) is 0 Å². The zero-order chi connectivity index (χ0) is 7.71. The van der Waals surface area contributed by atoms with E-state index in [1.807, 2.05) is 0 Å². The fraction of sp³-hybridized carbons (Fsp3) is 0. The smallest absolute Gasteiger partial charge is 1.00 e. The van der Waals surface area contributed by atoms with E-state index in [2.05, 4.69) is 4.31 Å². The van der Waals surface area contributed by atoms with Crippen molar-refractivity contribution >= 4 is 15.6 Å². The Morgan fingerprint density at radius 2 is 0.650 bits per heavy atom. The first kappa shape index (κ1) is 105. The van der Waals surface area contributed by atoms with Crippen LogP contribution in [0.25, 0.3) is 0 Å². The maximum atomic E-state index is 9.63. The molecule has 0 saturated carbocycles. The zero-order valence-corrected chi connectivity index (χ0v) is 13.7. The van der Waals surface area contributed by atoms with E-state index < -0.39 is 15.6 Å². The Bertz CT molecular complexity index is 161. The van der Waals surface area contributed by atoms with Crippen LogP contribution < -0.4 is 29.6 Å². The second kappa shape index (κ2) is 36.8. The summed E-state index contributed by atoms with van der Waals surface area (Å²) < 4.78 is 22.2. The van der Waals surface area contributed by atoms with Crippen molar-refractivity contribution in [3.63, 3.8) is 0 Å². The van der Waals surface area contributed by atoms with Crippen molar-refractivity contribution in [2.24, 2.45) is 0 Å². The van der Waals surface area contributed by atoms with E-state index in [1.165, 1.54) is 0 Å². The van der Waals surface area contributed by atoms with Crippen LogP contribution in [0.15, 0.2) is 0 Å². The minimum Gasteiger partial charge on any atom is -1.00 e. The molecular formula is H25NaO17P2. The largest absolute Gasteiger partial charge is 1.00 e. The standard InChI is InChI=1S/Na.H4O7P2.10H2O.H/c;1-8(2,3)7-9(4,5)6;;;;;;;;;;;/h;(H2,1,2,3)(H2,4,5,6);10*1H2;/q+1;;;;;;;;;;;;-1. The maximum absolute atomic E-state index is 9.63. The SMILES string of the molecule is O.O.O.O.O.O.O.O.O.O.O=P(O)(O)OP(=O)(O)O.[H-].[Na+]. The molecule has 0 fully saturated rings. The van der Waals surface area contributed by atoms with Gasteiger partial charge in [0.15, 0.2) is 0 Å². The molecule has 0 unspecified atom stereocenters. The minimum atomic E-state index is -5.05. The van der Waals surface area contributed by atoms with Gasteiger partial charge in [-0.2, -0.15) is 4.31 Å². The summed E-state index contributed by atoms with van der Waals surface area (Å²) in [5, 5.41) is 0. The fourth-order valence-corrected chi connectivity index (χ4v) is 1.25. The average molecular weight is 382 g/mol. The first-order chi connectivity index (χ1) is 3.71. The summed E-state index contributed by atoms with van der Waals surface area (Å²) >= 11 is 0. The summed E-state index contributed by atoms with van der Waals surface area (Å²) in [7, 11) is -10.1. The summed E-state index contributed by atoms with van der Waals surface area (Å²) in [6.45, 7) is 0. The van der Waals surface area contributed by atoms with Crippen LogP contribution in [0, 0.1) is 0 Å². The summed E-state index contributed by atoms with van der Waals surface area (Å²) in [4.78, 5) is 31.0. The molecule has 24 N–H and O–H groups in total. The van der Waals surface area contributed by atoms with E-state index in [0.29, 0.717) is 0 Å². The molecule has 0 aliphatic heterocycles. The molecule has 0 atom stereocenters. The van der Waals surface area contributed by atoms with Crippen molar-refractivity contribution in [2.45, 2.75) is 0 Å². The Morgan fingerprint density at radius 3 is 0.650 bits per heavy atom. The molecule has 0 spiro atoms. The third-order valence-corrected chi connectivity index (χ3v) is 1.91. The van der Waals surface area contributed by atoms with Gasteiger partial charge in [-0.1, -0.05) is 0 Å².